The summed E-state index contributed by atoms with van der Waals surface area (Å²) < 4.78 is 8.92. The molecule has 2 aromatic heterocycles. The molecule has 0 atom stereocenters. The Bertz CT molecular complexity index is 1140. The first-order valence-corrected chi connectivity index (χ1v) is 13.3. The number of aryl methyl sites for hydroxylation is 1. The van der Waals surface area contributed by atoms with Crippen LogP contribution in [0.5, 0.6) is 5.88 Å². The second-order valence-corrected chi connectivity index (χ2v) is 12.4. The molecule has 0 amide bonds. The molecule has 0 aliphatic heterocycles. The molecule has 0 fully saturated rings. The Kier molecular flexibility index (Phi) is 5.73. The van der Waals surface area contributed by atoms with Crippen LogP contribution in [0.1, 0.15) is 26.5 Å². The van der Waals surface area contributed by atoms with Crippen LogP contribution in [0.25, 0.3) is 27.8 Å². The number of benzene rings is 2. The highest BCUT2D eigenvalue weighted by Crippen LogP contribution is 2.38. The fourth-order valence-corrected chi connectivity index (χ4v) is 6.55. The summed E-state index contributed by atoms with van der Waals surface area (Å²) in [6.45, 7) is 8.81. The van der Waals surface area contributed by atoms with Crippen molar-refractivity contribution in [2.45, 2.75) is 45.8 Å². The lowest BCUT2D eigenvalue weighted by molar-refractivity contribution is 0.491. The first-order chi connectivity index (χ1) is 14.6. The zero-order chi connectivity index (χ0) is 21.1. The molecule has 4 rings (SSSR count). The molecule has 0 spiro atoms. The van der Waals surface area contributed by atoms with E-state index in [9.17, 15) is 0 Å². The minimum atomic E-state index is -1.92. The smallest absolute Gasteiger partial charge is 0.252 e. The van der Waals surface area contributed by atoms with E-state index in [-0.39, 0.29) is 0 Å². The second-order valence-electron chi connectivity index (χ2n) is 7.75. The molecule has 30 heavy (non-hydrogen) atoms. The number of hydrogen-bond donors (Lipinski definition) is 0. The van der Waals surface area contributed by atoms with E-state index in [0.29, 0.717) is 0 Å². The molecular weight excluding hydrogens is 386 g/mol. The Hall–Kier alpha value is -2.92. The number of rotatable bonds is 7. The van der Waals surface area contributed by atoms with Crippen molar-refractivity contribution in [2.75, 3.05) is 0 Å². The van der Waals surface area contributed by atoms with Crippen LogP contribution in [0.2, 0.25) is 18.1 Å². The van der Waals surface area contributed by atoms with Crippen molar-refractivity contribution in [3.8, 4) is 22.8 Å². The van der Waals surface area contributed by atoms with Crippen LogP contribution >= 0.6 is 0 Å². The summed E-state index contributed by atoms with van der Waals surface area (Å²) in [7, 11) is -1.92. The molecule has 2 aromatic carbocycles. The minimum Gasteiger partial charge on any atom is -0.530 e. The lowest BCUT2D eigenvalue weighted by Crippen LogP contribution is -2.40. The van der Waals surface area contributed by atoms with E-state index in [1.54, 1.807) is 0 Å². The summed E-state index contributed by atoms with van der Waals surface area (Å²) in [5.74, 6) is 0.832. The van der Waals surface area contributed by atoms with Gasteiger partial charge in [-0.3, -0.25) is 0 Å². The van der Waals surface area contributed by atoms with Crippen LogP contribution in [-0.2, 0) is 0 Å². The summed E-state index contributed by atoms with van der Waals surface area (Å²) in [5, 5.41) is 6.03. The van der Waals surface area contributed by atoms with Gasteiger partial charge < -0.3 is 4.43 Å². The van der Waals surface area contributed by atoms with E-state index in [1.807, 2.05) is 41.9 Å². The van der Waals surface area contributed by atoms with Gasteiger partial charge in [0.2, 0.25) is 5.88 Å². The van der Waals surface area contributed by atoms with Crippen molar-refractivity contribution < 1.29 is 4.43 Å². The molecule has 0 N–H and O–H groups in total. The minimum absolute atomic E-state index is 0.832. The van der Waals surface area contributed by atoms with E-state index in [1.165, 1.54) is 0 Å². The quantitative estimate of drug-likeness (QED) is 0.312. The van der Waals surface area contributed by atoms with Gasteiger partial charge in [0.1, 0.15) is 0 Å². The lowest BCUT2D eigenvalue weighted by Gasteiger charge is -2.29. The molecule has 0 aliphatic rings. The number of hydrogen-bond acceptors (Lipinski definition) is 3. The van der Waals surface area contributed by atoms with Crippen LogP contribution in [0, 0.1) is 6.92 Å². The van der Waals surface area contributed by atoms with Crippen molar-refractivity contribution in [2.24, 2.45) is 0 Å². The second kappa shape index (κ2) is 8.44. The molecule has 5 heteroatoms. The predicted molar refractivity (Wildman–Crippen MR) is 127 cm³/mol. The highest BCUT2D eigenvalue weighted by Gasteiger charge is 2.34. The Morgan fingerprint density at radius 3 is 2.20 bits per heavy atom. The summed E-state index contributed by atoms with van der Waals surface area (Å²) in [6.07, 6.45) is 0. The number of fused-ring (bicyclic) bond motifs is 1. The van der Waals surface area contributed by atoms with Gasteiger partial charge in [-0.1, -0.05) is 63.2 Å². The van der Waals surface area contributed by atoms with Crippen molar-refractivity contribution in [1.82, 2.24) is 14.8 Å². The third-order valence-corrected chi connectivity index (χ3v) is 10.6. The first kappa shape index (κ1) is 20.4. The van der Waals surface area contributed by atoms with Crippen LogP contribution in [0.15, 0.2) is 66.7 Å². The summed E-state index contributed by atoms with van der Waals surface area (Å²) >= 11 is 0. The lowest BCUT2D eigenvalue weighted by atomic mass is 10.1. The van der Waals surface area contributed by atoms with Gasteiger partial charge in [-0.25, -0.2) is 9.67 Å². The Morgan fingerprint density at radius 1 is 0.833 bits per heavy atom. The van der Waals surface area contributed by atoms with E-state index in [4.69, 9.17) is 14.5 Å². The zero-order valence-electron chi connectivity index (χ0n) is 18.2. The number of para-hydroxylation sites is 2. The van der Waals surface area contributed by atoms with Crippen LogP contribution in [0.3, 0.4) is 0 Å². The van der Waals surface area contributed by atoms with Gasteiger partial charge >= 0.3 is 0 Å². The topological polar surface area (TPSA) is 39.9 Å². The molecule has 2 heterocycles. The molecular formula is C25H29N3OSi. The van der Waals surface area contributed by atoms with Gasteiger partial charge in [-0.15, -0.1) is 0 Å². The molecule has 0 aliphatic carbocycles. The standard InChI is InChI=1S/C25H29N3OSi/c1-5-30(6-2,7-3)29-25-24(19(4)27-28(25)21-14-9-8-10-15-21)23-18-17-20-13-11-12-16-22(20)26-23/h8-18H,5-7H2,1-4H3. The fourth-order valence-electron chi connectivity index (χ4n) is 4.02. The molecule has 4 aromatic rings. The van der Waals surface area contributed by atoms with Crippen molar-refractivity contribution in [3.63, 3.8) is 0 Å². The summed E-state index contributed by atoms with van der Waals surface area (Å²) in [4.78, 5) is 4.96. The maximum atomic E-state index is 6.95. The highest BCUT2D eigenvalue weighted by atomic mass is 28.4. The average molecular weight is 416 g/mol. The van der Waals surface area contributed by atoms with Gasteiger partial charge in [0.25, 0.3) is 8.32 Å². The van der Waals surface area contributed by atoms with Crippen LogP contribution in [0.4, 0.5) is 0 Å². The molecule has 0 unspecified atom stereocenters. The van der Waals surface area contributed by atoms with Gasteiger partial charge in [-0.05, 0) is 49.3 Å². The van der Waals surface area contributed by atoms with Crippen molar-refractivity contribution in [1.29, 1.82) is 0 Å². The summed E-state index contributed by atoms with van der Waals surface area (Å²) in [5.41, 5.74) is 4.83. The Labute approximate surface area is 179 Å². The largest absolute Gasteiger partial charge is 0.530 e. The number of pyridine rings is 1. The van der Waals surface area contributed by atoms with Crippen molar-refractivity contribution >= 4 is 19.2 Å². The highest BCUT2D eigenvalue weighted by molar-refractivity contribution is 6.74. The fraction of sp³-hybridized carbons (Fsp3) is 0.280. The van der Waals surface area contributed by atoms with Crippen molar-refractivity contribution in [3.05, 3.63) is 72.4 Å². The zero-order valence-corrected chi connectivity index (χ0v) is 19.2. The molecule has 0 saturated carbocycles. The maximum Gasteiger partial charge on any atom is 0.252 e. The maximum absolute atomic E-state index is 6.95. The first-order valence-electron chi connectivity index (χ1n) is 10.8. The monoisotopic (exact) mass is 415 g/mol. The number of aromatic nitrogens is 3. The van der Waals surface area contributed by atoms with E-state index >= 15 is 0 Å². The third kappa shape index (κ3) is 3.65. The number of nitrogens with zero attached hydrogens (tertiary/aromatic N) is 3. The Balaban J connectivity index is 1.94. The molecule has 0 radical (unpaired) electrons. The van der Waals surface area contributed by atoms with Crippen LogP contribution in [-0.4, -0.2) is 23.1 Å². The molecule has 4 nitrogen and oxygen atoms in total. The van der Waals surface area contributed by atoms with Gasteiger partial charge in [0, 0.05) is 5.39 Å². The summed E-state index contributed by atoms with van der Waals surface area (Å²) in [6, 6.07) is 25.9. The van der Waals surface area contributed by atoms with E-state index in [2.05, 4.69) is 57.2 Å². The molecule has 154 valence electrons. The molecule has 0 saturated heterocycles. The average Bonchev–Trinajstić information content (AvgIpc) is 3.13. The van der Waals surface area contributed by atoms with Crippen LogP contribution < -0.4 is 4.43 Å². The predicted octanol–water partition coefficient (Wildman–Crippen LogP) is 6.78. The Morgan fingerprint density at radius 2 is 1.50 bits per heavy atom. The van der Waals surface area contributed by atoms with Gasteiger partial charge in [-0.2, -0.15) is 5.10 Å². The third-order valence-electron chi connectivity index (χ3n) is 6.12. The normalized spacial score (nSPS) is 11.7. The van der Waals surface area contributed by atoms with Gasteiger partial charge in [0.05, 0.1) is 28.2 Å². The SMILES string of the molecule is CC[Si](CC)(CC)Oc1c(-c2ccc3ccccc3n2)c(C)nn1-c1ccccc1. The van der Waals surface area contributed by atoms with E-state index < -0.39 is 8.32 Å². The molecule has 0 bridgehead atoms. The van der Waals surface area contributed by atoms with Gasteiger partial charge in [0.15, 0.2) is 0 Å². The van der Waals surface area contributed by atoms with E-state index in [0.717, 1.165) is 57.6 Å².